The zero-order valence-electron chi connectivity index (χ0n) is 10.9. The number of carbonyl (C=O) groups excluding carboxylic acids is 1. The van der Waals surface area contributed by atoms with Gasteiger partial charge in [-0.2, -0.15) is 0 Å². The molecule has 0 heterocycles. The van der Waals surface area contributed by atoms with Crippen molar-refractivity contribution in [2.45, 2.75) is 33.2 Å². The van der Waals surface area contributed by atoms with Gasteiger partial charge in [0.25, 0.3) is 0 Å². The van der Waals surface area contributed by atoms with E-state index in [0.29, 0.717) is 6.54 Å². The second-order valence-electron chi connectivity index (χ2n) is 4.80. The van der Waals surface area contributed by atoms with Gasteiger partial charge in [-0.05, 0) is 24.8 Å². The SMILES string of the molecule is Cc1ccc(CCNC(=O)[C@@H](N)C(C)C)cc1. The van der Waals surface area contributed by atoms with Crippen molar-refractivity contribution in [3.63, 3.8) is 0 Å². The Kier molecular flexibility index (Phi) is 5.16. The fourth-order valence-electron chi connectivity index (χ4n) is 1.51. The fourth-order valence-corrected chi connectivity index (χ4v) is 1.51. The Morgan fingerprint density at radius 2 is 1.88 bits per heavy atom. The van der Waals surface area contributed by atoms with Gasteiger partial charge < -0.3 is 11.1 Å². The van der Waals surface area contributed by atoms with Crippen molar-refractivity contribution < 1.29 is 4.79 Å². The lowest BCUT2D eigenvalue weighted by molar-refractivity contribution is -0.123. The quantitative estimate of drug-likeness (QED) is 0.813. The van der Waals surface area contributed by atoms with Gasteiger partial charge in [-0.25, -0.2) is 0 Å². The number of nitrogens with two attached hydrogens (primary N) is 1. The molecular formula is C14H22N2O. The smallest absolute Gasteiger partial charge is 0.237 e. The number of aryl methyl sites for hydroxylation is 1. The first kappa shape index (κ1) is 13.7. The minimum atomic E-state index is -0.409. The molecule has 3 nitrogen and oxygen atoms in total. The van der Waals surface area contributed by atoms with Gasteiger partial charge >= 0.3 is 0 Å². The zero-order valence-corrected chi connectivity index (χ0v) is 10.9. The van der Waals surface area contributed by atoms with Gasteiger partial charge in [-0.3, -0.25) is 4.79 Å². The number of benzene rings is 1. The van der Waals surface area contributed by atoms with Crippen LogP contribution < -0.4 is 11.1 Å². The van der Waals surface area contributed by atoms with Crippen molar-refractivity contribution in [3.05, 3.63) is 35.4 Å². The van der Waals surface area contributed by atoms with Crippen LogP contribution >= 0.6 is 0 Å². The predicted octanol–water partition coefficient (Wildman–Crippen LogP) is 1.64. The van der Waals surface area contributed by atoms with Crippen LogP contribution in [0.2, 0.25) is 0 Å². The molecule has 17 heavy (non-hydrogen) atoms. The molecule has 0 bridgehead atoms. The molecule has 0 radical (unpaired) electrons. The zero-order chi connectivity index (χ0) is 12.8. The third-order valence-corrected chi connectivity index (χ3v) is 2.85. The van der Waals surface area contributed by atoms with Crippen LogP contribution in [0.4, 0.5) is 0 Å². The molecule has 0 unspecified atom stereocenters. The highest BCUT2D eigenvalue weighted by Crippen LogP contribution is 2.03. The minimum absolute atomic E-state index is 0.0629. The Morgan fingerprint density at radius 3 is 2.41 bits per heavy atom. The highest BCUT2D eigenvalue weighted by Gasteiger charge is 2.15. The number of carbonyl (C=O) groups is 1. The third-order valence-electron chi connectivity index (χ3n) is 2.85. The van der Waals surface area contributed by atoms with Crippen LogP contribution in [0.1, 0.15) is 25.0 Å². The van der Waals surface area contributed by atoms with E-state index in [1.807, 2.05) is 13.8 Å². The standard InChI is InChI=1S/C14H22N2O/c1-10(2)13(15)14(17)16-9-8-12-6-4-11(3)5-7-12/h4-7,10,13H,8-9,15H2,1-3H3,(H,16,17)/t13-/m0/s1. The molecule has 0 aliphatic heterocycles. The van der Waals surface area contributed by atoms with E-state index >= 15 is 0 Å². The summed E-state index contributed by atoms with van der Waals surface area (Å²) in [5.41, 5.74) is 8.23. The number of hydrogen-bond donors (Lipinski definition) is 2. The topological polar surface area (TPSA) is 55.1 Å². The average molecular weight is 234 g/mol. The van der Waals surface area contributed by atoms with E-state index in [1.165, 1.54) is 11.1 Å². The van der Waals surface area contributed by atoms with Gasteiger partial charge in [0.2, 0.25) is 5.91 Å². The fraction of sp³-hybridized carbons (Fsp3) is 0.500. The third kappa shape index (κ3) is 4.57. The number of nitrogens with one attached hydrogen (secondary N) is 1. The van der Waals surface area contributed by atoms with Gasteiger partial charge in [0, 0.05) is 6.54 Å². The van der Waals surface area contributed by atoms with Crippen LogP contribution in [0.15, 0.2) is 24.3 Å². The van der Waals surface area contributed by atoms with Crippen LogP contribution in [0.3, 0.4) is 0 Å². The van der Waals surface area contributed by atoms with Crippen LogP contribution in [0.25, 0.3) is 0 Å². The Morgan fingerprint density at radius 1 is 1.29 bits per heavy atom. The van der Waals surface area contributed by atoms with Crippen molar-refractivity contribution in [1.82, 2.24) is 5.32 Å². The maximum Gasteiger partial charge on any atom is 0.237 e. The molecule has 1 aromatic carbocycles. The summed E-state index contributed by atoms with van der Waals surface area (Å²) >= 11 is 0. The summed E-state index contributed by atoms with van der Waals surface area (Å²) in [5, 5.41) is 2.86. The molecule has 1 aromatic rings. The normalized spacial score (nSPS) is 12.5. The van der Waals surface area contributed by atoms with E-state index in [0.717, 1.165) is 6.42 Å². The van der Waals surface area contributed by atoms with E-state index in [2.05, 4.69) is 36.5 Å². The molecule has 0 fully saturated rings. The first-order valence-electron chi connectivity index (χ1n) is 6.09. The average Bonchev–Trinajstić information content (AvgIpc) is 2.30. The Bertz CT molecular complexity index is 357. The lowest BCUT2D eigenvalue weighted by Gasteiger charge is -2.15. The lowest BCUT2D eigenvalue weighted by Crippen LogP contribution is -2.44. The van der Waals surface area contributed by atoms with E-state index in [1.54, 1.807) is 0 Å². The molecule has 0 aliphatic rings. The van der Waals surface area contributed by atoms with Gasteiger partial charge in [-0.1, -0.05) is 43.7 Å². The summed E-state index contributed by atoms with van der Waals surface area (Å²) in [5.74, 6) is 0.112. The summed E-state index contributed by atoms with van der Waals surface area (Å²) in [6.07, 6.45) is 0.844. The van der Waals surface area contributed by atoms with E-state index in [9.17, 15) is 4.79 Å². The van der Waals surface area contributed by atoms with E-state index in [-0.39, 0.29) is 11.8 Å². The Hall–Kier alpha value is -1.35. The van der Waals surface area contributed by atoms with Crippen molar-refractivity contribution in [3.8, 4) is 0 Å². The van der Waals surface area contributed by atoms with Gasteiger partial charge in [-0.15, -0.1) is 0 Å². The maximum atomic E-state index is 11.6. The van der Waals surface area contributed by atoms with E-state index in [4.69, 9.17) is 5.73 Å². The lowest BCUT2D eigenvalue weighted by atomic mass is 10.0. The van der Waals surface area contributed by atoms with Crippen LogP contribution in [-0.4, -0.2) is 18.5 Å². The summed E-state index contributed by atoms with van der Waals surface area (Å²) in [6.45, 7) is 6.60. The van der Waals surface area contributed by atoms with Gasteiger partial charge in [0.1, 0.15) is 0 Å². The van der Waals surface area contributed by atoms with Crippen molar-refractivity contribution >= 4 is 5.91 Å². The Labute approximate surface area is 103 Å². The van der Waals surface area contributed by atoms with Gasteiger partial charge in [0.05, 0.1) is 6.04 Å². The molecule has 1 rings (SSSR count). The van der Waals surface area contributed by atoms with Crippen molar-refractivity contribution in [2.75, 3.05) is 6.54 Å². The highest BCUT2D eigenvalue weighted by molar-refractivity contribution is 5.81. The molecular weight excluding hydrogens is 212 g/mol. The molecule has 3 N–H and O–H groups in total. The molecule has 0 aliphatic carbocycles. The summed E-state index contributed by atoms with van der Waals surface area (Å²) in [6, 6.07) is 7.93. The monoisotopic (exact) mass is 234 g/mol. The van der Waals surface area contributed by atoms with Crippen LogP contribution in [-0.2, 0) is 11.2 Å². The number of rotatable bonds is 5. The molecule has 0 aromatic heterocycles. The van der Waals surface area contributed by atoms with Crippen LogP contribution in [0, 0.1) is 12.8 Å². The van der Waals surface area contributed by atoms with Crippen molar-refractivity contribution in [1.29, 1.82) is 0 Å². The molecule has 0 saturated carbocycles. The molecule has 0 saturated heterocycles. The summed E-state index contributed by atoms with van der Waals surface area (Å²) in [7, 11) is 0. The second kappa shape index (κ2) is 6.40. The molecule has 1 atom stereocenters. The maximum absolute atomic E-state index is 11.6. The van der Waals surface area contributed by atoms with Gasteiger partial charge in [0.15, 0.2) is 0 Å². The molecule has 0 spiro atoms. The van der Waals surface area contributed by atoms with E-state index < -0.39 is 6.04 Å². The molecule has 3 heteroatoms. The molecule has 1 amide bonds. The largest absolute Gasteiger partial charge is 0.354 e. The van der Waals surface area contributed by atoms with Crippen LogP contribution in [0.5, 0.6) is 0 Å². The first-order valence-corrected chi connectivity index (χ1v) is 6.09. The summed E-state index contributed by atoms with van der Waals surface area (Å²) in [4.78, 5) is 11.6. The Balaban J connectivity index is 2.33. The number of hydrogen-bond acceptors (Lipinski definition) is 2. The number of amides is 1. The van der Waals surface area contributed by atoms with Crippen molar-refractivity contribution in [2.24, 2.45) is 11.7 Å². The highest BCUT2D eigenvalue weighted by atomic mass is 16.2. The second-order valence-corrected chi connectivity index (χ2v) is 4.80. The first-order chi connectivity index (χ1) is 8.00. The summed E-state index contributed by atoms with van der Waals surface area (Å²) < 4.78 is 0. The minimum Gasteiger partial charge on any atom is -0.354 e. The molecule has 94 valence electrons. The predicted molar refractivity (Wildman–Crippen MR) is 70.7 cm³/mol.